The molecule has 0 aromatic heterocycles. The number of ether oxygens (including phenoxy) is 1. The maximum absolute atomic E-state index is 9.95. The van der Waals surface area contributed by atoms with E-state index in [1.807, 2.05) is 0 Å². The summed E-state index contributed by atoms with van der Waals surface area (Å²) in [7, 11) is 0. The van der Waals surface area contributed by atoms with Crippen molar-refractivity contribution in [1.82, 2.24) is 0 Å². The Morgan fingerprint density at radius 2 is 1.75 bits per heavy atom. The standard InChI is InChI=1S/C10H20O2/c1-10(2,3)9(11)8-4-6-12-7-5-8/h8-9,11H,4-7H2,1-3H3. The van der Waals surface area contributed by atoms with Crippen LogP contribution in [0.4, 0.5) is 0 Å². The maximum atomic E-state index is 9.95. The van der Waals surface area contributed by atoms with Crippen LogP contribution in [0.3, 0.4) is 0 Å². The molecule has 1 saturated heterocycles. The van der Waals surface area contributed by atoms with Crippen molar-refractivity contribution in [2.24, 2.45) is 11.3 Å². The molecule has 1 unspecified atom stereocenters. The van der Waals surface area contributed by atoms with Crippen molar-refractivity contribution in [3.8, 4) is 0 Å². The average molecular weight is 172 g/mol. The maximum Gasteiger partial charge on any atom is 0.0618 e. The lowest BCUT2D eigenvalue weighted by atomic mass is 9.78. The average Bonchev–Trinajstić information content (AvgIpc) is 2.03. The van der Waals surface area contributed by atoms with Crippen LogP contribution in [0.15, 0.2) is 0 Å². The molecule has 0 aromatic carbocycles. The second kappa shape index (κ2) is 3.75. The minimum absolute atomic E-state index is 0.0159. The Morgan fingerprint density at radius 1 is 1.25 bits per heavy atom. The summed E-state index contributed by atoms with van der Waals surface area (Å²) in [5.74, 6) is 0.443. The normalized spacial score (nSPS) is 24.0. The topological polar surface area (TPSA) is 29.5 Å². The molecule has 1 aliphatic rings. The number of hydrogen-bond donors (Lipinski definition) is 1. The van der Waals surface area contributed by atoms with Crippen LogP contribution >= 0.6 is 0 Å². The molecular weight excluding hydrogens is 152 g/mol. The van der Waals surface area contributed by atoms with E-state index < -0.39 is 0 Å². The van der Waals surface area contributed by atoms with Crippen LogP contribution in [0.1, 0.15) is 33.6 Å². The molecule has 1 N–H and O–H groups in total. The summed E-state index contributed by atoms with van der Waals surface area (Å²) < 4.78 is 5.25. The van der Waals surface area contributed by atoms with Gasteiger partial charge < -0.3 is 9.84 Å². The lowest BCUT2D eigenvalue weighted by molar-refractivity contribution is -0.0391. The van der Waals surface area contributed by atoms with E-state index in [2.05, 4.69) is 20.8 Å². The second-order valence-electron chi connectivity index (χ2n) is 4.76. The van der Waals surface area contributed by atoms with Crippen molar-refractivity contribution in [1.29, 1.82) is 0 Å². The Kier molecular flexibility index (Phi) is 3.13. The monoisotopic (exact) mass is 172 g/mol. The molecule has 12 heavy (non-hydrogen) atoms. The molecule has 0 bridgehead atoms. The Bertz CT molecular complexity index is 131. The van der Waals surface area contributed by atoms with Crippen LogP contribution < -0.4 is 0 Å². The van der Waals surface area contributed by atoms with E-state index in [1.54, 1.807) is 0 Å². The molecule has 0 saturated carbocycles. The first-order valence-electron chi connectivity index (χ1n) is 4.77. The highest BCUT2D eigenvalue weighted by Crippen LogP contribution is 2.30. The fourth-order valence-electron chi connectivity index (χ4n) is 1.74. The van der Waals surface area contributed by atoms with Crippen molar-refractivity contribution in [2.45, 2.75) is 39.7 Å². The molecule has 1 aliphatic heterocycles. The molecule has 2 nitrogen and oxygen atoms in total. The summed E-state index contributed by atoms with van der Waals surface area (Å²) in [4.78, 5) is 0. The number of aliphatic hydroxyl groups is 1. The summed E-state index contributed by atoms with van der Waals surface area (Å²) in [5.41, 5.74) is 0.0159. The van der Waals surface area contributed by atoms with Crippen LogP contribution in [-0.2, 0) is 4.74 Å². The summed E-state index contributed by atoms with van der Waals surface area (Å²) in [6.07, 6.45) is 1.85. The zero-order valence-corrected chi connectivity index (χ0v) is 8.34. The summed E-state index contributed by atoms with van der Waals surface area (Å²) in [5, 5.41) is 9.95. The number of aliphatic hydroxyl groups excluding tert-OH is 1. The van der Waals surface area contributed by atoms with Crippen LogP contribution in [0, 0.1) is 11.3 Å². The van der Waals surface area contributed by atoms with E-state index in [9.17, 15) is 5.11 Å². The Balaban J connectivity index is 2.45. The number of rotatable bonds is 1. The second-order valence-corrected chi connectivity index (χ2v) is 4.76. The predicted octanol–water partition coefficient (Wildman–Crippen LogP) is 1.82. The van der Waals surface area contributed by atoms with E-state index in [1.165, 1.54) is 0 Å². The third-order valence-corrected chi connectivity index (χ3v) is 2.60. The molecule has 0 aliphatic carbocycles. The van der Waals surface area contributed by atoms with Crippen LogP contribution in [0.25, 0.3) is 0 Å². The Labute approximate surface area is 74.9 Å². The molecule has 1 fully saturated rings. The molecule has 1 heterocycles. The van der Waals surface area contributed by atoms with Gasteiger partial charge >= 0.3 is 0 Å². The first-order valence-corrected chi connectivity index (χ1v) is 4.77. The zero-order valence-electron chi connectivity index (χ0n) is 8.34. The predicted molar refractivity (Wildman–Crippen MR) is 49.0 cm³/mol. The fraction of sp³-hybridized carbons (Fsp3) is 1.00. The van der Waals surface area contributed by atoms with Gasteiger partial charge in [-0.15, -0.1) is 0 Å². The minimum atomic E-state index is -0.179. The third-order valence-electron chi connectivity index (χ3n) is 2.60. The third kappa shape index (κ3) is 2.46. The van der Waals surface area contributed by atoms with Gasteiger partial charge in [-0.3, -0.25) is 0 Å². The van der Waals surface area contributed by atoms with E-state index in [-0.39, 0.29) is 11.5 Å². The van der Waals surface area contributed by atoms with Gasteiger partial charge in [0.1, 0.15) is 0 Å². The molecule has 0 aromatic rings. The molecule has 72 valence electrons. The summed E-state index contributed by atoms with van der Waals surface area (Å²) >= 11 is 0. The Morgan fingerprint density at radius 3 is 2.17 bits per heavy atom. The SMILES string of the molecule is CC(C)(C)C(O)C1CCOCC1. The van der Waals surface area contributed by atoms with Crippen molar-refractivity contribution in [3.63, 3.8) is 0 Å². The first kappa shape index (κ1) is 10.0. The molecule has 1 atom stereocenters. The minimum Gasteiger partial charge on any atom is -0.392 e. The highest BCUT2D eigenvalue weighted by molar-refractivity contribution is 4.81. The quantitative estimate of drug-likeness (QED) is 0.653. The molecule has 1 rings (SSSR count). The van der Waals surface area contributed by atoms with Gasteiger partial charge in [0.05, 0.1) is 6.10 Å². The molecule has 0 radical (unpaired) electrons. The van der Waals surface area contributed by atoms with Gasteiger partial charge in [-0.05, 0) is 24.2 Å². The largest absolute Gasteiger partial charge is 0.392 e. The molecule has 0 spiro atoms. The van der Waals surface area contributed by atoms with E-state index in [0.717, 1.165) is 26.1 Å². The van der Waals surface area contributed by atoms with E-state index in [0.29, 0.717) is 5.92 Å². The molecule has 2 heteroatoms. The fourth-order valence-corrected chi connectivity index (χ4v) is 1.74. The highest BCUT2D eigenvalue weighted by atomic mass is 16.5. The lowest BCUT2D eigenvalue weighted by Gasteiger charge is -2.35. The van der Waals surface area contributed by atoms with Gasteiger partial charge in [-0.2, -0.15) is 0 Å². The van der Waals surface area contributed by atoms with Crippen molar-refractivity contribution < 1.29 is 9.84 Å². The van der Waals surface area contributed by atoms with Crippen molar-refractivity contribution in [2.75, 3.05) is 13.2 Å². The van der Waals surface area contributed by atoms with E-state index in [4.69, 9.17) is 4.74 Å². The van der Waals surface area contributed by atoms with Crippen LogP contribution in [0.2, 0.25) is 0 Å². The van der Waals surface area contributed by atoms with Gasteiger partial charge in [-0.1, -0.05) is 20.8 Å². The van der Waals surface area contributed by atoms with Gasteiger partial charge in [0.25, 0.3) is 0 Å². The number of hydrogen-bond acceptors (Lipinski definition) is 2. The summed E-state index contributed by atoms with van der Waals surface area (Å²) in [6, 6.07) is 0. The lowest BCUT2D eigenvalue weighted by Crippen LogP contribution is -2.36. The zero-order chi connectivity index (χ0) is 9.19. The van der Waals surface area contributed by atoms with Gasteiger partial charge in [0.2, 0.25) is 0 Å². The first-order chi connectivity index (χ1) is 5.52. The van der Waals surface area contributed by atoms with Gasteiger partial charge in [-0.25, -0.2) is 0 Å². The molecular formula is C10H20O2. The van der Waals surface area contributed by atoms with Crippen LogP contribution in [0.5, 0.6) is 0 Å². The Hall–Kier alpha value is -0.0800. The summed E-state index contributed by atoms with van der Waals surface area (Å²) in [6.45, 7) is 7.91. The van der Waals surface area contributed by atoms with Gasteiger partial charge in [0.15, 0.2) is 0 Å². The van der Waals surface area contributed by atoms with Gasteiger partial charge in [0, 0.05) is 13.2 Å². The van der Waals surface area contributed by atoms with Crippen molar-refractivity contribution in [3.05, 3.63) is 0 Å². The molecule has 0 amide bonds. The van der Waals surface area contributed by atoms with Crippen LogP contribution in [-0.4, -0.2) is 24.4 Å². The highest BCUT2D eigenvalue weighted by Gasteiger charge is 2.31. The van der Waals surface area contributed by atoms with E-state index >= 15 is 0 Å². The smallest absolute Gasteiger partial charge is 0.0618 e. The van der Waals surface area contributed by atoms with Crippen molar-refractivity contribution >= 4 is 0 Å².